The molecule has 0 spiro atoms. The molecule has 0 fully saturated rings. The number of ketones is 1. The molecule has 0 aliphatic heterocycles. The SMILES string of the molecule is CC(=O)c1cccc(Nc2ccc(NC(=O)CCOc3ccccc3)cc2)c1. The molecule has 0 radical (unpaired) electrons. The molecule has 0 unspecified atom stereocenters. The Kier molecular flexibility index (Phi) is 6.41. The Labute approximate surface area is 164 Å². The summed E-state index contributed by atoms with van der Waals surface area (Å²) in [5, 5.41) is 6.10. The summed E-state index contributed by atoms with van der Waals surface area (Å²) < 4.78 is 5.53. The van der Waals surface area contributed by atoms with Crippen molar-refractivity contribution in [3.63, 3.8) is 0 Å². The fourth-order valence-electron chi connectivity index (χ4n) is 2.62. The van der Waals surface area contributed by atoms with Crippen molar-refractivity contribution in [2.45, 2.75) is 13.3 Å². The number of hydrogen-bond donors (Lipinski definition) is 2. The Morgan fingerprint density at radius 2 is 1.54 bits per heavy atom. The molecule has 0 saturated carbocycles. The van der Waals surface area contributed by atoms with E-state index in [4.69, 9.17) is 4.74 Å². The van der Waals surface area contributed by atoms with Gasteiger partial charge in [-0.2, -0.15) is 0 Å². The molecule has 3 aromatic rings. The summed E-state index contributed by atoms with van der Waals surface area (Å²) in [7, 11) is 0. The minimum atomic E-state index is -0.106. The van der Waals surface area contributed by atoms with Crippen molar-refractivity contribution in [3.8, 4) is 5.75 Å². The van der Waals surface area contributed by atoms with Gasteiger partial charge in [-0.25, -0.2) is 0 Å². The third-order valence-electron chi connectivity index (χ3n) is 4.07. The van der Waals surface area contributed by atoms with Crippen LogP contribution in [0, 0.1) is 0 Å². The van der Waals surface area contributed by atoms with E-state index < -0.39 is 0 Å². The average Bonchev–Trinajstić information content (AvgIpc) is 2.70. The largest absolute Gasteiger partial charge is 0.493 e. The van der Waals surface area contributed by atoms with Crippen molar-refractivity contribution in [1.29, 1.82) is 0 Å². The van der Waals surface area contributed by atoms with Crippen LogP contribution in [0.15, 0.2) is 78.9 Å². The Hall–Kier alpha value is -3.60. The molecule has 0 atom stereocenters. The fraction of sp³-hybridized carbons (Fsp3) is 0.130. The highest BCUT2D eigenvalue weighted by Crippen LogP contribution is 2.20. The van der Waals surface area contributed by atoms with Gasteiger partial charge in [0.05, 0.1) is 13.0 Å². The Balaban J connectivity index is 1.49. The summed E-state index contributed by atoms with van der Waals surface area (Å²) in [6.07, 6.45) is 0.271. The maximum absolute atomic E-state index is 12.0. The van der Waals surface area contributed by atoms with E-state index in [1.54, 1.807) is 13.0 Å². The Morgan fingerprint density at radius 1 is 0.821 bits per heavy atom. The van der Waals surface area contributed by atoms with Gasteiger partial charge in [0.25, 0.3) is 0 Å². The van der Waals surface area contributed by atoms with Gasteiger partial charge in [0.1, 0.15) is 5.75 Å². The standard InChI is InChI=1S/C23H22N2O3/c1-17(26)18-6-5-7-21(16-18)24-19-10-12-20(13-11-19)25-23(27)14-15-28-22-8-3-2-4-9-22/h2-13,16,24H,14-15H2,1H3,(H,25,27). The molecule has 0 saturated heterocycles. The minimum absolute atomic E-state index is 0.0259. The first-order chi connectivity index (χ1) is 13.6. The maximum atomic E-state index is 12.0. The van der Waals surface area contributed by atoms with E-state index in [1.165, 1.54) is 0 Å². The number of carbonyl (C=O) groups excluding carboxylic acids is 2. The van der Waals surface area contributed by atoms with E-state index in [0.717, 1.165) is 17.1 Å². The molecule has 0 aliphatic carbocycles. The number of nitrogens with one attached hydrogen (secondary N) is 2. The molecule has 0 bridgehead atoms. The molecule has 3 rings (SSSR count). The smallest absolute Gasteiger partial charge is 0.227 e. The first-order valence-corrected chi connectivity index (χ1v) is 9.06. The number of anilines is 3. The van der Waals surface area contributed by atoms with E-state index in [2.05, 4.69) is 10.6 Å². The lowest BCUT2D eigenvalue weighted by molar-refractivity contribution is -0.116. The summed E-state index contributed by atoms with van der Waals surface area (Å²) in [4.78, 5) is 23.5. The summed E-state index contributed by atoms with van der Waals surface area (Å²) >= 11 is 0. The van der Waals surface area contributed by atoms with Crippen LogP contribution in [0.25, 0.3) is 0 Å². The second kappa shape index (κ2) is 9.37. The highest BCUT2D eigenvalue weighted by molar-refractivity contribution is 5.95. The molecule has 0 heterocycles. The summed E-state index contributed by atoms with van der Waals surface area (Å²) in [6, 6.07) is 24.1. The number of ether oxygens (including phenoxy) is 1. The predicted molar refractivity (Wildman–Crippen MR) is 111 cm³/mol. The van der Waals surface area contributed by atoms with Gasteiger partial charge in [0.2, 0.25) is 5.91 Å². The minimum Gasteiger partial charge on any atom is -0.493 e. The lowest BCUT2D eigenvalue weighted by Gasteiger charge is -2.10. The number of rotatable bonds is 8. The van der Waals surface area contributed by atoms with Crippen molar-refractivity contribution in [2.24, 2.45) is 0 Å². The zero-order valence-electron chi connectivity index (χ0n) is 15.6. The normalized spacial score (nSPS) is 10.2. The second-order valence-corrected chi connectivity index (χ2v) is 6.30. The molecule has 142 valence electrons. The van der Waals surface area contributed by atoms with Crippen LogP contribution in [0.4, 0.5) is 17.1 Å². The molecule has 0 aliphatic rings. The van der Waals surface area contributed by atoms with Crippen LogP contribution >= 0.6 is 0 Å². The van der Waals surface area contributed by atoms with Crippen LogP contribution < -0.4 is 15.4 Å². The molecule has 28 heavy (non-hydrogen) atoms. The van der Waals surface area contributed by atoms with Crippen molar-refractivity contribution < 1.29 is 14.3 Å². The van der Waals surface area contributed by atoms with Crippen LogP contribution in [0.2, 0.25) is 0 Å². The molecular weight excluding hydrogens is 352 g/mol. The number of Topliss-reactive ketones (excluding diaryl/α,β-unsaturated/α-hetero) is 1. The first-order valence-electron chi connectivity index (χ1n) is 9.06. The highest BCUT2D eigenvalue weighted by Gasteiger charge is 2.04. The number of benzene rings is 3. The van der Waals surface area contributed by atoms with Gasteiger partial charge in [-0.3, -0.25) is 9.59 Å². The molecule has 1 amide bonds. The number of amides is 1. The lowest BCUT2D eigenvalue weighted by atomic mass is 10.1. The number of para-hydroxylation sites is 1. The third-order valence-corrected chi connectivity index (χ3v) is 4.07. The van der Waals surface area contributed by atoms with E-state index in [9.17, 15) is 9.59 Å². The van der Waals surface area contributed by atoms with Gasteiger partial charge in [0.15, 0.2) is 5.78 Å². The average molecular weight is 374 g/mol. The van der Waals surface area contributed by atoms with E-state index in [-0.39, 0.29) is 18.1 Å². The Bertz CT molecular complexity index is 938. The van der Waals surface area contributed by atoms with Gasteiger partial charge in [-0.15, -0.1) is 0 Å². The van der Waals surface area contributed by atoms with Crippen molar-refractivity contribution >= 4 is 28.8 Å². The van der Waals surface area contributed by atoms with Crippen LogP contribution in [0.1, 0.15) is 23.7 Å². The second-order valence-electron chi connectivity index (χ2n) is 6.30. The zero-order valence-corrected chi connectivity index (χ0v) is 15.6. The number of carbonyl (C=O) groups is 2. The van der Waals surface area contributed by atoms with E-state index >= 15 is 0 Å². The van der Waals surface area contributed by atoms with Gasteiger partial charge < -0.3 is 15.4 Å². The van der Waals surface area contributed by atoms with Crippen molar-refractivity contribution in [1.82, 2.24) is 0 Å². The van der Waals surface area contributed by atoms with Crippen LogP contribution in [0.5, 0.6) is 5.75 Å². The van der Waals surface area contributed by atoms with Gasteiger partial charge in [-0.1, -0.05) is 30.3 Å². The summed E-state index contributed by atoms with van der Waals surface area (Å²) in [6.45, 7) is 1.86. The van der Waals surface area contributed by atoms with Crippen LogP contribution in [0.3, 0.4) is 0 Å². The molecular formula is C23H22N2O3. The van der Waals surface area contributed by atoms with Gasteiger partial charge in [-0.05, 0) is 55.5 Å². The molecule has 2 N–H and O–H groups in total. The topological polar surface area (TPSA) is 67.4 Å². The summed E-state index contributed by atoms with van der Waals surface area (Å²) in [5.74, 6) is 0.670. The van der Waals surface area contributed by atoms with Gasteiger partial charge in [0, 0.05) is 22.6 Å². The van der Waals surface area contributed by atoms with E-state index in [0.29, 0.717) is 17.9 Å². The summed E-state index contributed by atoms with van der Waals surface area (Å²) in [5.41, 5.74) is 3.08. The van der Waals surface area contributed by atoms with Crippen molar-refractivity contribution in [3.05, 3.63) is 84.4 Å². The Morgan fingerprint density at radius 3 is 2.25 bits per heavy atom. The molecule has 5 heteroatoms. The monoisotopic (exact) mass is 374 g/mol. The third kappa shape index (κ3) is 5.71. The molecule has 3 aromatic carbocycles. The fourth-order valence-corrected chi connectivity index (χ4v) is 2.62. The van der Waals surface area contributed by atoms with Gasteiger partial charge >= 0.3 is 0 Å². The lowest BCUT2D eigenvalue weighted by Crippen LogP contribution is -2.15. The molecule has 0 aromatic heterocycles. The molecule has 5 nitrogen and oxygen atoms in total. The number of hydrogen-bond acceptors (Lipinski definition) is 4. The predicted octanol–water partition coefficient (Wildman–Crippen LogP) is 5.04. The maximum Gasteiger partial charge on any atom is 0.227 e. The van der Waals surface area contributed by atoms with Crippen LogP contribution in [-0.2, 0) is 4.79 Å². The van der Waals surface area contributed by atoms with E-state index in [1.807, 2.05) is 72.8 Å². The van der Waals surface area contributed by atoms with Crippen LogP contribution in [-0.4, -0.2) is 18.3 Å². The van der Waals surface area contributed by atoms with Crippen molar-refractivity contribution in [2.75, 3.05) is 17.2 Å². The quantitative estimate of drug-likeness (QED) is 0.542. The zero-order chi connectivity index (χ0) is 19.8. The first kappa shape index (κ1) is 19.2. The highest BCUT2D eigenvalue weighted by atomic mass is 16.5.